The van der Waals surface area contributed by atoms with Crippen molar-refractivity contribution >= 4 is 55.3 Å². The largest absolute Gasteiger partial charge is 0.457 e. The predicted molar refractivity (Wildman–Crippen MR) is 117 cm³/mol. The van der Waals surface area contributed by atoms with Gasteiger partial charge in [-0.15, -0.1) is 11.3 Å². The standard InChI is InChI=1S/C21H15BrN2O3S/c1-12-9-18-20(10-13(12)2)28-21(23-18)8-5-15-4-7-19(27-15)16-6-3-14(24(25)26)11-17(16)22/h3-11H,1-2H3/b8-5+. The number of aryl methyl sites for hydroxylation is 2. The van der Waals surface area contributed by atoms with Crippen molar-refractivity contribution in [2.45, 2.75) is 13.8 Å². The molecule has 0 spiro atoms. The van der Waals surface area contributed by atoms with Crippen LogP contribution in [0.25, 0.3) is 33.7 Å². The predicted octanol–water partition coefficient (Wildman–Crippen LogP) is 7.01. The van der Waals surface area contributed by atoms with Crippen LogP contribution in [-0.2, 0) is 0 Å². The van der Waals surface area contributed by atoms with E-state index in [9.17, 15) is 10.1 Å². The van der Waals surface area contributed by atoms with E-state index in [0.29, 0.717) is 16.0 Å². The maximum Gasteiger partial charge on any atom is 0.270 e. The van der Waals surface area contributed by atoms with Gasteiger partial charge in [0.25, 0.3) is 5.69 Å². The van der Waals surface area contributed by atoms with Gasteiger partial charge in [0.15, 0.2) is 0 Å². The summed E-state index contributed by atoms with van der Waals surface area (Å²) in [6.07, 6.45) is 3.81. The lowest BCUT2D eigenvalue weighted by Gasteiger charge is -2.00. The minimum absolute atomic E-state index is 0.0311. The fraction of sp³-hybridized carbons (Fsp3) is 0.0952. The average molecular weight is 455 g/mol. The van der Waals surface area contributed by atoms with Gasteiger partial charge in [0.2, 0.25) is 0 Å². The maximum absolute atomic E-state index is 10.9. The third kappa shape index (κ3) is 3.63. The summed E-state index contributed by atoms with van der Waals surface area (Å²) < 4.78 is 7.65. The number of nitro benzene ring substituents is 1. The van der Waals surface area contributed by atoms with Crippen molar-refractivity contribution in [1.29, 1.82) is 0 Å². The fourth-order valence-corrected chi connectivity index (χ4v) is 4.34. The summed E-state index contributed by atoms with van der Waals surface area (Å²) >= 11 is 5.02. The molecule has 0 amide bonds. The molecular weight excluding hydrogens is 440 g/mol. The Labute approximate surface area is 173 Å². The Bertz CT molecular complexity index is 1200. The van der Waals surface area contributed by atoms with Crippen molar-refractivity contribution in [2.24, 2.45) is 0 Å². The molecule has 0 bridgehead atoms. The fourth-order valence-electron chi connectivity index (χ4n) is 2.83. The lowest BCUT2D eigenvalue weighted by Crippen LogP contribution is -1.88. The zero-order valence-electron chi connectivity index (χ0n) is 15.1. The first-order chi connectivity index (χ1) is 13.4. The molecule has 5 nitrogen and oxygen atoms in total. The monoisotopic (exact) mass is 454 g/mol. The molecule has 28 heavy (non-hydrogen) atoms. The Balaban J connectivity index is 1.59. The number of benzene rings is 2. The molecular formula is C21H15BrN2O3S. The Morgan fingerprint density at radius 3 is 2.64 bits per heavy atom. The molecule has 0 N–H and O–H groups in total. The second-order valence-electron chi connectivity index (χ2n) is 6.41. The molecule has 2 aromatic carbocycles. The Hall–Kier alpha value is -2.77. The Morgan fingerprint density at radius 1 is 1.11 bits per heavy atom. The molecule has 0 aliphatic rings. The second-order valence-corrected chi connectivity index (χ2v) is 8.33. The molecule has 0 saturated carbocycles. The highest BCUT2D eigenvalue weighted by molar-refractivity contribution is 9.10. The van der Waals surface area contributed by atoms with Crippen LogP contribution in [0, 0.1) is 24.0 Å². The van der Waals surface area contributed by atoms with Gasteiger partial charge in [-0.3, -0.25) is 10.1 Å². The number of rotatable bonds is 4. The number of thiazole rings is 1. The van der Waals surface area contributed by atoms with Crippen LogP contribution in [-0.4, -0.2) is 9.91 Å². The van der Waals surface area contributed by atoms with Crippen molar-refractivity contribution in [2.75, 3.05) is 0 Å². The molecule has 7 heteroatoms. The molecule has 0 saturated heterocycles. The minimum Gasteiger partial charge on any atom is -0.457 e. The summed E-state index contributed by atoms with van der Waals surface area (Å²) in [5.41, 5.74) is 4.29. The van der Waals surface area contributed by atoms with E-state index in [2.05, 4.69) is 46.9 Å². The van der Waals surface area contributed by atoms with Crippen LogP contribution in [0.4, 0.5) is 5.69 Å². The van der Waals surface area contributed by atoms with Gasteiger partial charge in [0.05, 0.1) is 15.1 Å². The SMILES string of the molecule is Cc1cc2nc(/C=C/c3ccc(-c4ccc([N+](=O)[O-])cc4Br)o3)sc2cc1C. The van der Waals surface area contributed by atoms with Crippen molar-refractivity contribution in [3.05, 3.63) is 78.9 Å². The number of non-ortho nitro benzene ring substituents is 1. The Kier molecular flexibility index (Phi) is 4.87. The first-order valence-corrected chi connectivity index (χ1v) is 10.1. The zero-order chi connectivity index (χ0) is 19.8. The highest BCUT2D eigenvalue weighted by Crippen LogP contribution is 2.33. The van der Waals surface area contributed by atoms with E-state index in [4.69, 9.17) is 4.42 Å². The van der Waals surface area contributed by atoms with E-state index >= 15 is 0 Å². The number of furan rings is 1. The normalized spacial score (nSPS) is 11.5. The number of hydrogen-bond donors (Lipinski definition) is 0. The zero-order valence-corrected chi connectivity index (χ0v) is 17.5. The number of halogens is 1. The van der Waals surface area contributed by atoms with Crippen molar-refractivity contribution in [1.82, 2.24) is 4.98 Å². The third-order valence-electron chi connectivity index (χ3n) is 4.47. The smallest absolute Gasteiger partial charge is 0.270 e. The van der Waals surface area contributed by atoms with Gasteiger partial charge in [0.1, 0.15) is 16.5 Å². The molecule has 0 unspecified atom stereocenters. The number of nitro groups is 1. The van der Waals surface area contributed by atoms with E-state index in [1.54, 1.807) is 17.4 Å². The summed E-state index contributed by atoms with van der Waals surface area (Å²) in [6, 6.07) is 12.6. The van der Waals surface area contributed by atoms with E-state index < -0.39 is 4.92 Å². The van der Waals surface area contributed by atoms with Gasteiger partial charge in [-0.25, -0.2) is 4.98 Å². The van der Waals surface area contributed by atoms with Crippen molar-refractivity contribution in [3.8, 4) is 11.3 Å². The van der Waals surface area contributed by atoms with Crippen molar-refractivity contribution < 1.29 is 9.34 Å². The lowest BCUT2D eigenvalue weighted by molar-refractivity contribution is -0.384. The maximum atomic E-state index is 10.9. The van der Waals surface area contributed by atoms with Gasteiger partial charge in [-0.2, -0.15) is 0 Å². The molecule has 0 aliphatic carbocycles. The summed E-state index contributed by atoms with van der Waals surface area (Å²) in [5, 5.41) is 11.8. The summed E-state index contributed by atoms with van der Waals surface area (Å²) in [7, 11) is 0. The minimum atomic E-state index is -0.425. The number of hydrogen-bond acceptors (Lipinski definition) is 5. The number of fused-ring (bicyclic) bond motifs is 1. The molecule has 4 aromatic rings. The van der Waals surface area contributed by atoms with Gasteiger partial charge in [0, 0.05) is 22.2 Å². The average Bonchev–Trinajstić information content (AvgIpc) is 3.27. The molecule has 0 fully saturated rings. The second kappa shape index (κ2) is 7.33. The first kappa shape index (κ1) is 18.6. The molecule has 0 atom stereocenters. The molecule has 140 valence electrons. The van der Waals surface area contributed by atoms with Gasteiger partial charge < -0.3 is 4.42 Å². The van der Waals surface area contributed by atoms with Crippen molar-refractivity contribution in [3.63, 3.8) is 0 Å². The molecule has 0 aliphatic heterocycles. The van der Waals surface area contributed by atoms with Crippen LogP contribution in [0.2, 0.25) is 0 Å². The highest BCUT2D eigenvalue weighted by Gasteiger charge is 2.13. The molecule has 2 heterocycles. The van der Waals surface area contributed by atoms with Crippen LogP contribution in [0.5, 0.6) is 0 Å². The quantitative estimate of drug-likeness (QED) is 0.245. The van der Waals surface area contributed by atoms with E-state index in [1.165, 1.54) is 23.3 Å². The van der Waals surface area contributed by atoms with Gasteiger partial charge in [-0.05, 0) is 83.4 Å². The number of nitrogens with zero attached hydrogens (tertiary/aromatic N) is 2. The molecule has 2 aromatic heterocycles. The number of aromatic nitrogens is 1. The highest BCUT2D eigenvalue weighted by atomic mass is 79.9. The summed E-state index contributed by atoms with van der Waals surface area (Å²) in [6.45, 7) is 4.19. The lowest BCUT2D eigenvalue weighted by atomic mass is 10.1. The topological polar surface area (TPSA) is 69.2 Å². The summed E-state index contributed by atoms with van der Waals surface area (Å²) in [5.74, 6) is 1.32. The Morgan fingerprint density at radius 2 is 1.89 bits per heavy atom. The van der Waals surface area contributed by atoms with Gasteiger partial charge >= 0.3 is 0 Å². The first-order valence-electron chi connectivity index (χ1n) is 8.51. The summed E-state index contributed by atoms with van der Waals surface area (Å²) in [4.78, 5) is 15.1. The van der Waals surface area contributed by atoms with Crippen LogP contribution < -0.4 is 0 Å². The molecule has 4 rings (SSSR count). The van der Waals surface area contributed by atoms with E-state index in [-0.39, 0.29) is 5.69 Å². The molecule has 0 radical (unpaired) electrons. The van der Waals surface area contributed by atoms with E-state index in [0.717, 1.165) is 20.8 Å². The van der Waals surface area contributed by atoms with Crippen LogP contribution >= 0.6 is 27.3 Å². The van der Waals surface area contributed by atoms with Crippen LogP contribution in [0.1, 0.15) is 21.9 Å². The van der Waals surface area contributed by atoms with Gasteiger partial charge in [-0.1, -0.05) is 0 Å². The van der Waals surface area contributed by atoms with E-state index in [1.807, 2.05) is 24.3 Å². The third-order valence-corrected chi connectivity index (χ3v) is 6.11. The van der Waals surface area contributed by atoms with Crippen LogP contribution in [0.15, 0.2) is 51.4 Å². The van der Waals surface area contributed by atoms with Crippen LogP contribution in [0.3, 0.4) is 0 Å².